The maximum absolute atomic E-state index is 13.4. The van der Waals surface area contributed by atoms with Gasteiger partial charge in [0.15, 0.2) is 0 Å². The van der Waals surface area contributed by atoms with Gasteiger partial charge < -0.3 is 5.32 Å². The molecule has 2 heterocycles. The van der Waals surface area contributed by atoms with E-state index in [4.69, 9.17) is 0 Å². The normalized spacial score (nSPS) is 12.6. The maximum atomic E-state index is 13.4. The summed E-state index contributed by atoms with van der Waals surface area (Å²) in [7, 11) is 0. The zero-order chi connectivity index (χ0) is 19.0. The van der Waals surface area contributed by atoms with Gasteiger partial charge >= 0.3 is 0 Å². The van der Waals surface area contributed by atoms with Crippen LogP contribution in [0.2, 0.25) is 0 Å². The van der Waals surface area contributed by atoms with Gasteiger partial charge in [0.1, 0.15) is 11.6 Å². The number of fused-ring (bicyclic) bond motifs is 1. The molecule has 1 N–H and O–H groups in total. The van der Waals surface area contributed by atoms with Gasteiger partial charge in [0.25, 0.3) is 11.6 Å². The van der Waals surface area contributed by atoms with E-state index in [1.807, 2.05) is 0 Å². The molecule has 0 saturated carbocycles. The summed E-state index contributed by atoms with van der Waals surface area (Å²) in [5.41, 5.74) is 2.52. The van der Waals surface area contributed by atoms with Gasteiger partial charge in [-0.3, -0.25) is 14.9 Å². The monoisotopic (exact) mass is 384 g/mol. The molecule has 0 unspecified atom stereocenters. The number of hydrogen-bond acceptors (Lipinski definition) is 5. The molecule has 0 spiro atoms. The fourth-order valence-corrected chi connectivity index (χ4v) is 3.89. The Morgan fingerprint density at radius 3 is 2.70 bits per heavy atom. The summed E-state index contributed by atoms with van der Waals surface area (Å²) in [4.78, 5) is 23.0. The molecule has 3 aromatic rings. The minimum Gasteiger partial charge on any atom is -0.306 e. The zero-order valence-electron chi connectivity index (χ0n) is 13.9. The van der Waals surface area contributed by atoms with Gasteiger partial charge in [-0.15, -0.1) is 0 Å². The number of nitro groups is 1. The van der Waals surface area contributed by atoms with Crippen molar-refractivity contribution < 1.29 is 14.1 Å². The Kier molecular flexibility index (Phi) is 4.36. The second-order valence-corrected chi connectivity index (χ2v) is 6.90. The molecule has 7 nitrogen and oxygen atoms in total. The highest BCUT2D eigenvalue weighted by molar-refractivity contribution is 7.98. The number of halogens is 1. The minimum atomic E-state index is -0.493. The van der Waals surface area contributed by atoms with Crippen LogP contribution in [0.4, 0.5) is 15.9 Å². The van der Waals surface area contributed by atoms with Crippen LogP contribution in [0, 0.1) is 15.9 Å². The molecule has 136 valence electrons. The standard InChI is InChI=1S/C18H13FN4O3S/c19-12-3-1-2-11(8-12)18(24)20-17-15-9-27-10-16(15)21-22(17)13-4-6-14(7-5-13)23(25)26/h1-8H,9-10H2,(H,20,24). The van der Waals surface area contributed by atoms with Gasteiger partial charge in [-0.2, -0.15) is 16.9 Å². The Labute approximate surface area is 157 Å². The quantitative estimate of drug-likeness (QED) is 0.544. The van der Waals surface area contributed by atoms with Crippen molar-refractivity contribution in [2.45, 2.75) is 11.5 Å². The van der Waals surface area contributed by atoms with E-state index < -0.39 is 16.6 Å². The van der Waals surface area contributed by atoms with E-state index in [-0.39, 0.29) is 11.3 Å². The van der Waals surface area contributed by atoms with Crippen molar-refractivity contribution >= 4 is 29.2 Å². The second-order valence-electron chi connectivity index (χ2n) is 5.92. The molecular formula is C18H13FN4O3S. The first kappa shape index (κ1) is 17.2. The van der Waals surface area contributed by atoms with Gasteiger partial charge in [0, 0.05) is 34.8 Å². The SMILES string of the molecule is O=C(Nc1c2c(nn1-c1ccc([N+](=O)[O-])cc1)CSC2)c1cccc(F)c1. The topological polar surface area (TPSA) is 90.1 Å². The van der Waals surface area contributed by atoms with Crippen molar-refractivity contribution in [2.24, 2.45) is 0 Å². The summed E-state index contributed by atoms with van der Waals surface area (Å²) in [5.74, 6) is 0.974. The number of rotatable bonds is 4. The summed E-state index contributed by atoms with van der Waals surface area (Å²) in [6.45, 7) is 0. The van der Waals surface area contributed by atoms with Crippen LogP contribution in [0.25, 0.3) is 5.69 Å². The smallest absolute Gasteiger partial charge is 0.269 e. The Hall–Kier alpha value is -3.20. The lowest BCUT2D eigenvalue weighted by atomic mass is 10.2. The lowest BCUT2D eigenvalue weighted by Crippen LogP contribution is -2.16. The summed E-state index contributed by atoms with van der Waals surface area (Å²) in [5, 5.41) is 18.2. The number of amides is 1. The molecule has 1 aliphatic rings. The second kappa shape index (κ2) is 6.84. The molecule has 0 saturated heterocycles. The highest BCUT2D eigenvalue weighted by Crippen LogP contribution is 2.36. The fourth-order valence-electron chi connectivity index (χ4n) is 2.85. The summed E-state index contributed by atoms with van der Waals surface area (Å²) in [6, 6.07) is 11.3. The van der Waals surface area contributed by atoms with Crippen molar-refractivity contribution in [1.29, 1.82) is 0 Å². The van der Waals surface area contributed by atoms with Crippen molar-refractivity contribution in [3.05, 3.63) is 81.3 Å². The van der Waals surface area contributed by atoms with Crippen LogP contribution in [0.5, 0.6) is 0 Å². The number of anilines is 1. The number of hydrogen-bond donors (Lipinski definition) is 1. The van der Waals surface area contributed by atoms with Gasteiger partial charge in [-0.25, -0.2) is 9.07 Å². The molecule has 1 aliphatic heterocycles. The molecule has 9 heteroatoms. The third-order valence-corrected chi connectivity index (χ3v) is 5.15. The number of nitrogens with one attached hydrogen (secondary N) is 1. The van der Waals surface area contributed by atoms with E-state index in [2.05, 4.69) is 10.4 Å². The van der Waals surface area contributed by atoms with Crippen molar-refractivity contribution in [3.63, 3.8) is 0 Å². The maximum Gasteiger partial charge on any atom is 0.269 e. The van der Waals surface area contributed by atoms with Crippen LogP contribution in [-0.4, -0.2) is 20.6 Å². The van der Waals surface area contributed by atoms with Crippen molar-refractivity contribution in [3.8, 4) is 5.69 Å². The first-order valence-corrected chi connectivity index (χ1v) is 9.18. The van der Waals surface area contributed by atoms with Crippen LogP contribution in [0.1, 0.15) is 21.6 Å². The lowest BCUT2D eigenvalue weighted by molar-refractivity contribution is -0.384. The zero-order valence-corrected chi connectivity index (χ0v) is 14.7. The Morgan fingerprint density at radius 2 is 2.00 bits per heavy atom. The number of benzene rings is 2. The predicted molar refractivity (Wildman–Crippen MR) is 99.6 cm³/mol. The molecule has 0 bridgehead atoms. The van der Waals surface area contributed by atoms with Crippen LogP contribution >= 0.6 is 11.8 Å². The third-order valence-electron chi connectivity index (χ3n) is 4.18. The van der Waals surface area contributed by atoms with Gasteiger partial charge in [0.05, 0.1) is 16.3 Å². The number of nitro benzene ring substituents is 1. The molecule has 0 aliphatic carbocycles. The fraction of sp³-hybridized carbons (Fsp3) is 0.111. The van der Waals surface area contributed by atoms with Crippen LogP contribution in [0.15, 0.2) is 48.5 Å². The highest BCUT2D eigenvalue weighted by Gasteiger charge is 2.25. The molecule has 2 aromatic carbocycles. The van der Waals surface area contributed by atoms with Crippen LogP contribution in [-0.2, 0) is 11.5 Å². The van der Waals surface area contributed by atoms with E-state index in [9.17, 15) is 19.3 Å². The predicted octanol–water partition coefficient (Wildman–Crippen LogP) is 3.92. The Balaban J connectivity index is 1.71. The molecule has 27 heavy (non-hydrogen) atoms. The molecule has 0 radical (unpaired) electrons. The minimum absolute atomic E-state index is 0.0284. The van der Waals surface area contributed by atoms with E-state index in [0.29, 0.717) is 17.3 Å². The van der Waals surface area contributed by atoms with E-state index in [0.717, 1.165) is 23.1 Å². The summed E-state index contributed by atoms with van der Waals surface area (Å²) in [6.07, 6.45) is 0. The summed E-state index contributed by atoms with van der Waals surface area (Å²) < 4.78 is 15.0. The molecule has 4 rings (SSSR count). The number of thioether (sulfide) groups is 1. The molecule has 1 aromatic heterocycles. The number of carbonyl (C=O) groups is 1. The first-order valence-electron chi connectivity index (χ1n) is 8.03. The van der Waals surface area contributed by atoms with Crippen molar-refractivity contribution in [1.82, 2.24) is 9.78 Å². The van der Waals surface area contributed by atoms with Gasteiger partial charge in [-0.05, 0) is 30.3 Å². The van der Waals surface area contributed by atoms with Crippen LogP contribution < -0.4 is 5.32 Å². The third kappa shape index (κ3) is 3.28. The molecule has 1 amide bonds. The Bertz CT molecular complexity index is 1050. The largest absolute Gasteiger partial charge is 0.306 e. The number of carbonyl (C=O) groups excluding carboxylic acids is 1. The first-order chi connectivity index (χ1) is 13.0. The Morgan fingerprint density at radius 1 is 1.22 bits per heavy atom. The van der Waals surface area contributed by atoms with E-state index in [1.54, 1.807) is 28.6 Å². The van der Waals surface area contributed by atoms with Gasteiger partial charge in [0.2, 0.25) is 0 Å². The van der Waals surface area contributed by atoms with Crippen LogP contribution in [0.3, 0.4) is 0 Å². The highest BCUT2D eigenvalue weighted by atomic mass is 32.2. The number of nitrogens with zero attached hydrogens (tertiary/aromatic N) is 3. The van der Waals surface area contributed by atoms with Gasteiger partial charge in [-0.1, -0.05) is 6.07 Å². The molecule has 0 atom stereocenters. The lowest BCUT2D eigenvalue weighted by Gasteiger charge is -2.11. The molecular weight excluding hydrogens is 371 g/mol. The van der Waals surface area contributed by atoms with Crippen molar-refractivity contribution in [2.75, 3.05) is 5.32 Å². The van der Waals surface area contributed by atoms with E-state index in [1.165, 1.54) is 30.3 Å². The molecule has 0 fully saturated rings. The van der Waals surface area contributed by atoms with E-state index >= 15 is 0 Å². The number of aromatic nitrogens is 2. The number of non-ortho nitro benzene ring substituents is 1. The summed E-state index contributed by atoms with van der Waals surface area (Å²) >= 11 is 1.68. The average molecular weight is 384 g/mol. The average Bonchev–Trinajstić information content (AvgIpc) is 3.24.